The molecule has 21 heavy (non-hydrogen) atoms. The third-order valence-corrected chi connectivity index (χ3v) is 3.46. The quantitative estimate of drug-likeness (QED) is 0.876. The minimum atomic E-state index is 0.563. The zero-order chi connectivity index (χ0) is 15.2. The molecule has 5 heteroatoms. The van der Waals surface area contributed by atoms with E-state index in [1.165, 1.54) is 0 Å². The summed E-state index contributed by atoms with van der Waals surface area (Å²) in [4.78, 5) is 0. The molecule has 1 N–H and O–H groups in total. The number of ether oxygens (including phenoxy) is 3. The molecule has 0 aromatic heterocycles. The van der Waals surface area contributed by atoms with Gasteiger partial charge in [0.05, 0.1) is 32.0 Å². The standard InChI is InChI=1S/C16H18ClNO3/c1-19-14-9-8-11(15(20-2)16(14)21-3)10-18-13-7-5-4-6-12(13)17/h4-9,18H,10H2,1-3H3. The molecule has 2 aromatic rings. The zero-order valence-electron chi connectivity index (χ0n) is 12.3. The van der Waals surface area contributed by atoms with E-state index < -0.39 is 0 Å². The summed E-state index contributed by atoms with van der Waals surface area (Å²) in [5.74, 6) is 1.87. The lowest BCUT2D eigenvalue weighted by Gasteiger charge is -2.16. The first kappa shape index (κ1) is 15.3. The SMILES string of the molecule is COc1ccc(CNc2ccccc2Cl)c(OC)c1OC. The van der Waals surface area contributed by atoms with Gasteiger partial charge in [0.1, 0.15) is 0 Å². The number of nitrogens with one attached hydrogen (secondary N) is 1. The van der Waals surface area contributed by atoms with E-state index in [0.29, 0.717) is 28.8 Å². The van der Waals surface area contributed by atoms with E-state index in [9.17, 15) is 0 Å². The Morgan fingerprint density at radius 3 is 2.24 bits per heavy atom. The number of halogens is 1. The Balaban J connectivity index is 2.26. The second kappa shape index (κ2) is 7.09. The predicted molar refractivity (Wildman–Crippen MR) is 84.9 cm³/mol. The number of hydrogen-bond acceptors (Lipinski definition) is 4. The molecular weight excluding hydrogens is 290 g/mol. The van der Waals surface area contributed by atoms with Gasteiger partial charge in [-0.25, -0.2) is 0 Å². The molecule has 0 atom stereocenters. The van der Waals surface area contributed by atoms with E-state index in [2.05, 4.69) is 5.32 Å². The smallest absolute Gasteiger partial charge is 0.203 e. The molecule has 0 spiro atoms. The fraction of sp³-hybridized carbons (Fsp3) is 0.250. The molecule has 0 aliphatic heterocycles. The molecule has 4 nitrogen and oxygen atoms in total. The van der Waals surface area contributed by atoms with Crippen molar-refractivity contribution in [2.75, 3.05) is 26.6 Å². The maximum Gasteiger partial charge on any atom is 0.203 e. The second-order valence-corrected chi connectivity index (χ2v) is 4.73. The van der Waals surface area contributed by atoms with Gasteiger partial charge < -0.3 is 19.5 Å². The summed E-state index contributed by atoms with van der Waals surface area (Å²) in [6.07, 6.45) is 0. The van der Waals surface area contributed by atoms with Crippen molar-refractivity contribution in [1.82, 2.24) is 0 Å². The van der Waals surface area contributed by atoms with E-state index in [1.54, 1.807) is 21.3 Å². The minimum Gasteiger partial charge on any atom is -0.493 e. The van der Waals surface area contributed by atoms with Gasteiger partial charge in [-0.3, -0.25) is 0 Å². The average molecular weight is 308 g/mol. The van der Waals surface area contributed by atoms with Crippen LogP contribution in [0.4, 0.5) is 5.69 Å². The first-order chi connectivity index (χ1) is 10.2. The van der Waals surface area contributed by atoms with Crippen LogP contribution >= 0.6 is 11.6 Å². The summed E-state index contributed by atoms with van der Waals surface area (Å²) < 4.78 is 16.1. The first-order valence-electron chi connectivity index (χ1n) is 6.47. The van der Waals surface area contributed by atoms with E-state index >= 15 is 0 Å². The highest BCUT2D eigenvalue weighted by atomic mass is 35.5. The number of rotatable bonds is 6. The van der Waals surface area contributed by atoms with E-state index in [4.69, 9.17) is 25.8 Å². The molecule has 112 valence electrons. The Morgan fingerprint density at radius 1 is 0.905 bits per heavy atom. The molecule has 0 saturated carbocycles. The van der Waals surface area contributed by atoms with Crippen molar-refractivity contribution in [3.05, 3.63) is 47.0 Å². The van der Waals surface area contributed by atoms with Gasteiger partial charge in [-0.1, -0.05) is 23.7 Å². The maximum absolute atomic E-state index is 6.13. The Bertz CT molecular complexity index is 616. The maximum atomic E-state index is 6.13. The fourth-order valence-electron chi connectivity index (χ4n) is 2.10. The van der Waals surface area contributed by atoms with Crippen LogP contribution in [-0.2, 0) is 6.54 Å². The van der Waals surface area contributed by atoms with Gasteiger partial charge in [-0.05, 0) is 24.3 Å². The minimum absolute atomic E-state index is 0.563. The van der Waals surface area contributed by atoms with Crippen molar-refractivity contribution in [2.45, 2.75) is 6.54 Å². The summed E-state index contributed by atoms with van der Waals surface area (Å²) in [5.41, 5.74) is 1.83. The second-order valence-electron chi connectivity index (χ2n) is 4.33. The monoisotopic (exact) mass is 307 g/mol. The molecule has 0 bridgehead atoms. The van der Waals surface area contributed by atoms with Crippen LogP contribution in [-0.4, -0.2) is 21.3 Å². The molecule has 0 saturated heterocycles. The molecule has 0 aliphatic rings. The molecule has 0 heterocycles. The van der Waals surface area contributed by atoms with Crippen LogP contribution in [0.25, 0.3) is 0 Å². The predicted octanol–water partition coefficient (Wildman–Crippen LogP) is 3.98. The van der Waals surface area contributed by atoms with Gasteiger partial charge in [0, 0.05) is 12.1 Å². The number of para-hydroxylation sites is 1. The summed E-state index contributed by atoms with van der Waals surface area (Å²) in [7, 11) is 4.79. The largest absolute Gasteiger partial charge is 0.493 e. The number of anilines is 1. The van der Waals surface area contributed by atoms with Crippen molar-refractivity contribution >= 4 is 17.3 Å². The molecule has 0 amide bonds. The molecule has 0 radical (unpaired) electrons. The summed E-state index contributed by atoms with van der Waals surface area (Å²) in [6.45, 7) is 0.563. The Kier molecular flexibility index (Phi) is 5.17. The van der Waals surface area contributed by atoms with E-state index in [0.717, 1.165) is 11.3 Å². The van der Waals surface area contributed by atoms with Crippen LogP contribution < -0.4 is 19.5 Å². The number of hydrogen-bond donors (Lipinski definition) is 1. The number of methoxy groups -OCH3 is 3. The highest BCUT2D eigenvalue weighted by Crippen LogP contribution is 2.40. The summed E-state index contributed by atoms with van der Waals surface area (Å²) in [5, 5.41) is 3.96. The molecule has 2 aromatic carbocycles. The highest BCUT2D eigenvalue weighted by molar-refractivity contribution is 6.33. The summed E-state index contributed by atoms with van der Waals surface area (Å²) >= 11 is 6.13. The third kappa shape index (κ3) is 3.34. The van der Waals surface area contributed by atoms with Crippen molar-refractivity contribution in [1.29, 1.82) is 0 Å². The molecule has 0 fully saturated rings. The Labute approximate surface area is 129 Å². The van der Waals surface area contributed by atoms with Crippen LogP contribution in [0.1, 0.15) is 5.56 Å². The lowest BCUT2D eigenvalue weighted by molar-refractivity contribution is 0.322. The number of benzene rings is 2. The Hall–Kier alpha value is -2.07. The summed E-state index contributed by atoms with van der Waals surface area (Å²) in [6, 6.07) is 11.4. The first-order valence-corrected chi connectivity index (χ1v) is 6.85. The lowest BCUT2D eigenvalue weighted by atomic mass is 10.1. The van der Waals surface area contributed by atoms with Crippen LogP contribution in [0.15, 0.2) is 36.4 Å². The molecular formula is C16H18ClNO3. The third-order valence-electron chi connectivity index (χ3n) is 3.13. The van der Waals surface area contributed by atoms with Crippen LogP contribution in [0, 0.1) is 0 Å². The van der Waals surface area contributed by atoms with Crippen molar-refractivity contribution < 1.29 is 14.2 Å². The fourth-order valence-corrected chi connectivity index (χ4v) is 2.30. The van der Waals surface area contributed by atoms with Gasteiger partial charge in [0.15, 0.2) is 11.5 Å². The van der Waals surface area contributed by atoms with E-state index in [-0.39, 0.29) is 0 Å². The molecule has 0 aliphatic carbocycles. The van der Waals surface area contributed by atoms with Gasteiger partial charge in [-0.15, -0.1) is 0 Å². The Morgan fingerprint density at radius 2 is 1.62 bits per heavy atom. The van der Waals surface area contributed by atoms with Crippen LogP contribution in [0.5, 0.6) is 17.2 Å². The normalized spacial score (nSPS) is 10.1. The van der Waals surface area contributed by atoms with E-state index in [1.807, 2.05) is 36.4 Å². The average Bonchev–Trinajstić information content (AvgIpc) is 2.52. The van der Waals surface area contributed by atoms with Gasteiger partial charge in [0.2, 0.25) is 5.75 Å². The topological polar surface area (TPSA) is 39.7 Å². The molecule has 2 rings (SSSR count). The van der Waals surface area contributed by atoms with Gasteiger partial charge in [-0.2, -0.15) is 0 Å². The van der Waals surface area contributed by atoms with Crippen molar-refractivity contribution in [3.8, 4) is 17.2 Å². The molecule has 0 unspecified atom stereocenters. The van der Waals surface area contributed by atoms with Gasteiger partial charge in [0.25, 0.3) is 0 Å². The van der Waals surface area contributed by atoms with Crippen LogP contribution in [0.3, 0.4) is 0 Å². The van der Waals surface area contributed by atoms with Gasteiger partial charge >= 0.3 is 0 Å². The zero-order valence-corrected chi connectivity index (χ0v) is 13.0. The lowest BCUT2D eigenvalue weighted by Crippen LogP contribution is -2.04. The highest BCUT2D eigenvalue weighted by Gasteiger charge is 2.15. The van der Waals surface area contributed by atoms with Crippen molar-refractivity contribution in [2.24, 2.45) is 0 Å². The van der Waals surface area contributed by atoms with Crippen LogP contribution in [0.2, 0.25) is 5.02 Å². The van der Waals surface area contributed by atoms with Crippen molar-refractivity contribution in [3.63, 3.8) is 0 Å².